The van der Waals surface area contributed by atoms with Crippen molar-refractivity contribution in [2.75, 3.05) is 7.05 Å². The van der Waals surface area contributed by atoms with E-state index in [-0.39, 0.29) is 16.3 Å². The van der Waals surface area contributed by atoms with Crippen molar-refractivity contribution >= 4 is 23.2 Å². The first kappa shape index (κ1) is 13.9. The lowest BCUT2D eigenvalue weighted by molar-refractivity contribution is -0.385. The number of carbonyl (C=O) groups excluding carboxylic acids is 1. The third-order valence-electron chi connectivity index (χ3n) is 2.48. The molecule has 0 fully saturated rings. The summed E-state index contributed by atoms with van der Waals surface area (Å²) in [5.41, 5.74) is -0.460. The summed E-state index contributed by atoms with van der Waals surface area (Å²) in [4.78, 5) is 23.3. The van der Waals surface area contributed by atoms with Crippen LogP contribution in [-0.4, -0.2) is 28.8 Å². The van der Waals surface area contributed by atoms with Crippen molar-refractivity contribution in [2.45, 2.75) is 13.0 Å². The summed E-state index contributed by atoms with van der Waals surface area (Å²) < 4.78 is 0. The van der Waals surface area contributed by atoms with E-state index in [2.05, 4.69) is 0 Å². The number of rotatable bonds is 3. The monoisotopic (exact) mass is 267 g/mol. The minimum Gasteiger partial charge on any atom is -0.326 e. The van der Waals surface area contributed by atoms with Gasteiger partial charge in [0.05, 0.1) is 11.0 Å². The lowest BCUT2D eigenvalue weighted by Gasteiger charge is -2.19. The fraction of sp³-hybridized carbons (Fsp3) is 0.273. The second kappa shape index (κ2) is 5.47. The molecule has 18 heavy (non-hydrogen) atoms. The molecule has 1 amide bonds. The summed E-state index contributed by atoms with van der Waals surface area (Å²) >= 11 is 5.65. The van der Waals surface area contributed by atoms with Gasteiger partial charge in [-0.05, 0) is 19.1 Å². The highest BCUT2D eigenvalue weighted by molar-refractivity contribution is 6.31. The maximum absolute atomic E-state index is 12.0. The van der Waals surface area contributed by atoms with Crippen molar-refractivity contribution in [2.24, 2.45) is 0 Å². The van der Waals surface area contributed by atoms with Crippen LogP contribution in [0.5, 0.6) is 0 Å². The van der Waals surface area contributed by atoms with Crippen molar-refractivity contribution in [3.63, 3.8) is 0 Å². The molecule has 1 unspecified atom stereocenters. The zero-order valence-corrected chi connectivity index (χ0v) is 10.5. The Hall–Kier alpha value is -2.13. The first-order valence-corrected chi connectivity index (χ1v) is 5.37. The Kier molecular flexibility index (Phi) is 4.23. The average Bonchev–Trinajstić information content (AvgIpc) is 2.35. The Bertz CT molecular complexity index is 539. The molecule has 0 aromatic heterocycles. The van der Waals surface area contributed by atoms with Gasteiger partial charge in [0.2, 0.25) is 0 Å². The third kappa shape index (κ3) is 2.76. The highest BCUT2D eigenvalue weighted by Gasteiger charge is 2.25. The van der Waals surface area contributed by atoms with Gasteiger partial charge in [0.1, 0.15) is 11.6 Å². The molecule has 0 radical (unpaired) electrons. The molecule has 1 rings (SSSR count). The number of amides is 1. The summed E-state index contributed by atoms with van der Waals surface area (Å²) in [6, 6.07) is 5.00. The first-order valence-electron chi connectivity index (χ1n) is 4.99. The second-order valence-electron chi connectivity index (χ2n) is 3.64. The van der Waals surface area contributed by atoms with Crippen LogP contribution in [0.1, 0.15) is 17.3 Å². The molecule has 7 heteroatoms. The lowest BCUT2D eigenvalue weighted by atomic mass is 10.1. The zero-order valence-electron chi connectivity index (χ0n) is 9.75. The molecule has 0 aliphatic carbocycles. The number of nitro groups is 1. The minimum atomic E-state index is -0.677. The van der Waals surface area contributed by atoms with Gasteiger partial charge in [0.15, 0.2) is 0 Å². The SMILES string of the molecule is CC(C#N)N(C)C(=O)c1ccc(Cl)cc1[N+](=O)[O-]. The highest BCUT2D eigenvalue weighted by Crippen LogP contribution is 2.24. The van der Waals surface area contributed by atoms with E-state index in [0.717, 1.165) is 11.0 Å². The Balaban J connectivity index is 3.22. The van der Waals surface area contributed by atoms with Crippen LogP contribution in [0.4, 0.5) is 5.69 Å². The topological polar surface area (TPSA) is 87.2 Å². The maximum atomic E-state index is 12.0. The van der Waals surface area contributed by atoms with Crippen molar-refractivity contribution in [1.82, 2.24) is 4.90 Å². The number of nitriles is 1. The van der Waals surface area contributed by atoms with Crippen molar-refractivity contribution < 1.29 is 9.72 Å². The number of nitrogens with zero attached hydrogens (tertiary/aromatic N) is 3. The zero-order chi connectivity index (χ0) is 13.9. The van der Waals surface area contributed by atoms with Gasteiger partial charge in [-0.15, -0.1) is 0 Å². The van der Waals surface area contributed by atoms with Crippen LogP contribution in [-0.2, 0) is 0 Å². The fourth-order valence-corrected chi connectivity index (χ4v) is 1.46. The largest absolute Gasteiger partial charge is 0.326 e. The lowest BCUT2D eigenvalue weighted by Crippen LogP contribution is -2.34. The quantitative estimate of drug-likeness (QED) is 0.620. The number of carbonyl (C=O) groups is 1. The van der Waals surface area contributed by atoms with Crippen molar-refractivity contribution in [3.05, 3.63) is 38.9 Å². The smallest absolute Gasteiger partial charge is 0.283 e. The Labute approximate surface area is 109 Å². The predicted octanol–water partition coefficient (Wildman–Crippen LogP) is 2.23. The van der Waals surface area contributed by atoms with E-state index in [1.807, 2.05) is 6.07 Å². The summed E-state index contributed by atoms with van der Waals surface area (Å²) in [5.74, 6) is -0.590. The van der Waals surface area contributed by atoms with Gasteiger partial charge < -0.3 is 4.90 Å². The molecule has 0 heterocycles. The molecule has 0 saturated heterocycles. The second-order valence-corrected chi connectivity index (χ2v) is 4.08. The maximum Gasteiger partial charge on any atom is 0.283 e. The number of halogens is 1. The average molecular weight is 268 g/mol. The van der Waals surface area contributed by atoms with Crippen LogP contribution in [0.3, 0.4) is 0 Å². The van der Waals surface area contributed by atoms with Gasteiger partial charge in [-0.3, -0.25) is 14.9 Å². The number of nitro benzene ring substituents is 1. The van der Waals surface area contributed by atoms with E-state index in [9.17, 15) is 14.9 Å². The van der Waals surface area contributed by atoms with Crippen LogP contribution >= 0.6 is 11.6 Å². The molecule has 0 N–H and O–H groups in total. The van der Waals surface area contributed by atoms with Crippen LogP contribution in [0.25, 0.3) is 0 Å². The standard InChI is InChI=1S/C11H10ClN3O3/c1-7(6-13)14(2)11(16)9-4-3-8(12)5-10(9)15(17)18/h3-5,7H,1-2H3. The van der Waals surface area contributed by atoms with E-state index in [4.69, 9.17) is 16.9 Å². The van der Waals surface area contributed by atoms with Crippen molar-refractivity contribution in [1.29, 1.82) is 5.26 Å². The number of hydrogen-bond acceptors (Lipinski definition) is 4. The van der Waals surface area contributed by atoms with Gasteiger partial charge >= 0.3 is 0 Å². The van der Waals surface area contributed by atoms with Crippen LogP contribution in [0, 0.1) is 21.4 Å². The molecule has 0 aliphatic heterocycles. The molecule has 6 nitrogen and oxygen atoms in total. The third-order valence-corrected chi connectivity index (χ3v) is 2.71. The van der Waals surface area contributed by atoms with Crippen LogP contribution in [0.2, 0.25) is 5.02 Å². The van der Waals surface area contributed by atoms with E-state index in [0.29, 0.717) is 0 Å². The summed E-state index contributed by atoms with van der Waals surface area (Å²) in [7, 11) is 1.41. The minimum absolute atomic E-state index is 0.0889. The molecule has 0 spiro atoms. The Morgan fingerprint density at radius 3 is 2.72 bits per heavy atom. The van der Waals surface area contributed by atoms with Gasteiger partial charge in [0, 0.05) is 18.1 Å². The van der Waals surface area contributed by atoms with Gasteiger partial charge in [-0.1, -0.05) is 11.6 Å². The summed E-state index contributed by atoms with van der Waals surface area (Å²) in [6.07, 6.45) is 0. The van der Waals surface area contributed by atoms with Gasteiger partial charge in [-0.25, -0.2) is 0 Å². The van der Waals surface area contributed by atoms with E-state index in [1.165, 1.54) is 26.1 Å². The fourth-order valence-electron chi connectivity index (χ4n) is 1.29. The molecule has 1 atom stereocenters. The normalized spacial score (nSPS) is 11.4. The summed E-state index contributed by atoms with van der Waals surface area (Å²) in [5, 5.41) is 19.8. The molecule has 0 bridgehead atoms. The molecule has 0 saturated carbocycles. The van der Waals surface area contributed by atoms with E-state index in [1.54, 1.807) is 0 Å². The Morgan fingerprint density at radius 2 is 2.22 bits per heavy atom. The molecule has 94 valence electrons. The molecular formula is C11H10ClN3O3. The Morgan fingerprint density at radius 1 is 1.61 bits per heavy atom. The molecule has 1 aromatic rings. The predicted molar refractivity (Wildman–Crippen MR) is 65.3 cm³/mol. The number of benzene rings is 1. The van der Waals surface area contributed by atoms with Crippen molar-refractivity contribution in [3.8, 4) is 6.07 Å². The molecule has 0 aliphatic rings. The van der Waals surface area contributed by atoms with E-state index < -0.39 is 16.9 Å². The van der Waals surface area contributed by atoms with Gasteiger partial charge in [-0.2, -0.15) is 5.26 Å². The highest BCUT2D eigenvalue weighted by atomic mass is 35.5. The summed E-state index contributed by atoms with van der Waals surface area (Å²) in [6.45, 7) is 1.53. The van der Waals surface area contributed by atoms with Gasteiger partial charge in [0.25, 0.3) is 11.6 Å². The molecule has 1 aromatic carbocycles. The van der Waals surface area contributed by atoms with Crippen LogP contribution in [0.15, 0.2) is 18.2 Å². The number of hydrogen-bond donors (Lipinski definition) is 0. The van der Waals surface area contributed by atoms with E-state index >= 15 is 0 Å². The van der Waals surface area contributed by atoms with Crippen LogP contribution < -0.4 is 0 Å². The molecular weight excluding hydrogens is 258 g/mol. The first-order chi connectivity index (χ1) is 8.38.